The van der Waals surface area contributed by atoms with Crippen molar-refractivity contribution in [3.63, 3.8) is 0 Å². The predicted octanol–water partition coefficient (Wildman–Crippen LogP) is 4.06. The van der Waals surface area contributed by atoms with Crippen molar-refractivity contribution in [1.82, 2.24) is 19.9 Å². The van der Waals surface area contributed by atoms with Crippen molar-refractivity contribution in [3.8, 4) is 6.01 Å². The maximum atomic E-state index is 14.7. The summed E-state index contributed by atoms with van der Waals surface area (Å²) in [5, 5.41) is 0.627. The Morgan fingerprint density at radius 1 is 1.12 bits per heavy atom. The Balaban J connectivity index is 1.42. The maximum Gasteiger partial charge on any atom is 0.319 e. The average Bonchev–Trinajstić information content (AvgIpc) is 3.05. The normalized spacial score (nSPS) is 26.5. The molecule has 0 radical (unpaired) electrons. The number of nitrogens with zero attached hydrogens (tertiary/aromatic N) is 5. The Labute approximate surface area is 195 Å². The molecule has 1 aliphatic carbocycles. The van der Waals surface area contributed by atoms with E-state index in [1.807, 2.05) is 0 Å². The molecule has 2 aliphatic heterocycles. The van der Waals surface area contributed by atoms with Gasteiger partial charge in [0.25, 0.3) is 0 Å². The lowest BCUT2D eigenvalue weighted by Gasteiger charge is -2.46. The van der Waals surface area contributed by atoms with Crippen LogP contribution in [0.4, 0.5) is 10.2 Å². The first-order chi connectivity index (χ1) is 16.1. The molecule has 1 saturated carbocycles. The van der Waals surface area contributed by atoms with E-state index in [0.29, 0.717) is 42.9 Å². The van der Waals surface area contributed by atoms with Gasteiger partial charge in [0.15, 0.2) is 5.82 Å². The third-order valence-electron chi connectivity index (χ3n) is 7.55. The molecule has 2 aromatic heterocycles. The van der Waals surface area contributed by atoms with Crippen molar-refractivity contribution in [3.05, 3.63) is 18.2 Å². The monoisotopic (exact) mass is 457 g/mol. The van der Waals surface area contributed by atoms with Crippen molar-refractivity contribution in [1.29, 1.82) is 0 Å². The van der Waals surface area contributed by atoms with E-state index in [0.717, 1.165) is 26.1 Å². The molecule has 0 unspecified atom stereocenters. The van der Waals surface area contributed by atoms with Crippen LogP contribution in [0.1, 0.15) is 52.4 Å². The van der Waals surface area contributed by atoms with Crippen molar-refractivity contribution < 1.29 is 13.9 Å². The lowest BCUT2D eigenvalue weighted by atomic mass is 9.75. The molecule has 0 aromatic carbocycles. The highest BCUT2D eigenvalue weighted by Crippen LogP contribution is 2.48. The van der Waals surface area contributed by atoms with Crippen LogP contribution >= 0.6 is 0 Å². The van der Waals surface area contributed by atoms with Gasteiger partial charge in [-0.1, -0.05) is 20.3 Å². The minimum absolute atomic E-state index is 0.138. The second-order valence-electron chi connectivity index (χ2n) is 10.4. The molecule has 0 amide bonds. The number of piperidine rings is 1. The van der Waals surface area contributed by atoms with E-state index in [-0.39, 0.29) is 16.9 Å². The van der Waals surface area contributed by atoms with Crippen molar-refractivity contribution in [2.75, 3.05) is 50.9 Å². The van der Waals surface area contributed by atoms with Gasteiger partial charge in [0.1, 0.15) is 11.3 Å². The summed E-state index contributed by atoms with van der Waals surface area (Å²) >= 11 is 0. The molecule has 7 nitrogen and oxygen atoms in total. The quantitative estimate of drug-likeness (QED) is 0.648. The lowest BCUT2D eigenvalue weighted by Crippen LogP contribution is -2.52. The molecular formula is C25H36FN5O2. The number of ether oxygens (including phenoxy) is 2. The van der Waals surface area contributed by atoms with E-state index in [2.05, 4.69) is 33.6 Å². The molecule has 3 fully saturated rings. The predicted molar refractivity (Wildman–Crippen MR) is 126 cm³/mol. The summed E-state index contributed by atoms with van der Waals surface area (Å²) in [6.45, 7) is 10.4. The summed E-state index contributed by atoms with van der Waals surface area (Å²) in [5.41, 5.74) is 0.416. The first kappa shape index (κ1) is 22.7. The van der Waals surface area contributed by atoms with Gasteiger partial charge in [-0.3, -0.25) is 9.88 Å². The van der Waals surface area contributed by atoms with Gasteiger partial charge >= 0.3 is 6.01 Å². The van der Waals surface area contributed by atoms with Crippen LogP contribution in [-0.4, -0.2) is 71.9 Å². The van der Waals surface area contributed by atoms with Crippen LogP contribution in [0, 0.1) is 17.2 Å². The SMILES string of the molecule is CC(C)CN1CCC[C@@]2(COc3nc(N4CCCOCC4)c4cncc(F)c4n3)CCC[C@@H]12. The number of fused-ring (bicyclic) bond motifs is 2. The highest BCUT2D eigenvalue weighted by atomic mass is 19.1. The fraction of sp³-hybridized carbons (Fsp3) is 0.720. The number of aromatic nitrogens is 3. The molecule has 3 aliphatic rings. The molecule has 0 spiro atoms. The van der Waals surface area contributed by atoms with Crippen molar-refractivity contribution in [2.45, 2.75) is 58.4 Å². The zero-order valence-corrected chi connectivity index (χ0v) is 19.9. The standard InChI is InChI=1S/C25H36FN5O2/c1-18(2)16-31-9-4-8-25(7-3-6-21(25)31)17-33-24-28-22-19(14-27-15-20(22)26)23(29-24)30-10-5-12-32-13-11-30/h14-15,18,21H,3-13,16-17H2,1-2H3/t21-,25-/m1/s1. The Hall–Kier alpha value is -2.06. The molecule has 0 bridgehead atoms. The first-order valence-corrected chi connectivity index (χ1v) is 12.6. The summed E-state index contributed by atoms with van der Waals surface area (Å²) in [7, 11) is 0. The minimum atomic E-state index is -0.440. The summed E-state index contributed by atoms with van der Waals surface area (Å²) in [4.78, 5) is 18.2. The molecule has 5 rings (SSSR count). The summed E-state index contributed by atoms with van der Waals surface area (Å²) < 4.78 is 26.7. The smallest absolute Gasteiger partial charge is 0.319 e. The highest BCUT2D eigenvalue weighted by Gasteiger charge is 2.48. The van der Waals surface area contributed by atoms with Crippen LogP contribution in [-0.2, 0) is 4.74 Å². The fourth-order valence-corrected chi connectivity index (χ4v) is 6.15. The molecule has 0 N–H and O–H groups in total. The number of rotatable bonds is 6. The van der Waals surface area contributed by atoms with E-state index in [9.17, 15) is 4.39 Å². The maximum absolute atomic E-state index is 14.7. The number of halogens is 1. The van der Waals surface area contributed by atoms with Gasteiger partial charge in [0, 0.05) is 43.9 Å². The van der Waals surface area contributed by atoms with Gasteiger partial charge in [-0.15, -0.1) is 0 Å². The zero-order valence-electron chi connectivity index (χ0n) is 19.9. The molecule has 2 atom stereocenters. The molecular weight excluding hydrogens is 421 g/mol. The van der Waals surface area contributed by atoms with E-state index < -0.39 is 5.82 Å². The molecule has 2 aromatic rings. The Bertz CT molecular complexity index is 965. The Morgan fingerprint density at radius 3 is 2.88 bits per heavy atom. The highest BCUT2D eigenvalue weighted by molar-refractivity contribution is 5.89. The van der Waals surface area contributed by atoms with Crippen LogP contribution in [0.3, 0.4) is 0 Å². The van der Waals surface area contributed by atoms with Crippen LogP contribution in [0.25, 0.3) is 10.9 Å². The number of anilines is 1. The van der Waals surface area contributed by atoms with Gasteiger partial charge < -0.3 is 14.4 Å². The van der Waals surface area contributed by atoms with Gasteiger partial charge in [0.05, 0.1) is 24.8 Å². The number of pyridine rings is 1. The number of likely N-dealkylation sites (tertiary alicyclic amines) is 1. The average molecular weight is 458 g/mol. The minimum Gasteiger partial charge on any atom is -0.463 e. The zero-order chi connectivity index (χ0) is 22.8. The van der Waals surface area contributed by atoms with Crippen LogP contribution in [0.2, 0.25) is 0 Å². The van der Waals surface area contributed by atoms with Crippen LogP contribution in [0.15, 0.2) is 12.4 Å². The summed E-state index contributed by atoms with van der Waals surface area (Å²) in [6.07, 6.45) is 9.79. The molecule has 180 valence electrons. The van der Waals surface area contributed by atoms with Crippen molar-refractivity contribution >= 4 is 16.7 Å². The summed E-state index contributed by atoms with van der Waals surface area (Å²) in [6, 6.07) is 0.825. The van der Waals surface area contributed by atoms with Crippen LogP contribution in [0.5, 0.6) is 6.01 Å². The fourth-order valence-electron chi connectivity index (χ4n) is 6.15. The molecule has 8 heteroatoms. The topological polar surface area (TPSA) is 63.6 Å². The molecule has 2 saturated heterocycles. The molecule has 33 heavy (non-hydrogen) atoms. The third-order valence-corrected chi connectivity index (χ3v) is 7.55. The van der Waals surface area contributed by atoms with E-state index in [1.54, 1.807) is 6.20 Å². The Kier molecular flexibility index (Phi) is 6.65. The van der Waals surface area contributed by atoms with Gasteiger partial charge in [0.2, 0.25) is 0 Å². The van der Waals surface area contributed by atoms with Crippen LogP contribution < -0.4 is 9.64 Å². The lowest BCUT2D eigenvalue weighted by molar-refractivity contribution is -0.00537. The summed E-state index contributed by atoms with van der Waals surface area (Å²) in [5.74, 6) is 0.908. The molecule has 4 heterocycles. The van der Waals surface area contributed by atoms with Gasteiger partial charge in [-0.2, -0.15) is 9.97 Å². The van der Waals surface area contributed by atoms with Gasteiger partial charge in [-0.25, -0.2) is 4.39 Å². The second kappa shape index (κ2) is 9.66. The van der Waals surface area contributed by atoms with Gasteiger partial charge in [-0.05, 0) is 44.6 Å². The second-order valence-corrected chi connectivity index (χ2v) is 10.4. The largest absolute Gasteiger partial charge is 0.463 e. The third kappa shape index (κ3) is 4.64. The van der Waals surface area contributed by atoms with E-state index >= 15 is 0 Å². The van der Waals surface area contributed by atoms with Crippen molar-refractivity contribution in [2.24, 2.45) is 11.3 Å². The van der Waals surface area contributed by atoms with E-state index in [1.165, 1.54) is 44.8 Å². The first-order valence-electron chi connectivity index (χ1n) is 12.6. The number of hydrogen-bond donors (Lipinski definition) is 0. The Morgan fingerprint density at radius 2 is 2.00 bits per heavy atom. The van der Waals surface area contributed by atoms with E-state index in [4.69, 9.17) is 14.5 Å². The number of hydrogen-bond acceptors (Lipinski definition) is 7.